The Morgan fingerprint density at radius 2 is 2.00 bits per heavy atom. The second-order valence-corrected chi connectivity index (χ2v) is 3.89. The van der Waals surface area contributed by atoms with Crippen molar-refractivity contribution in [3.63, 3.8) is 0 Å². The average molecular weight is 153 g/mol. The first-order chi connectivity index (χ1) is 4.11. The van der Waals surface area contributed by atoms with Crippen LogP contribution in [0, 0.1) is 0 Å². The van der Waals surface area contributed by atoms with Gasteiger partial charge in [-0.1, -0.05) is 0 Å². The fourth-order valence-electron chi connectivity index (χ4n) is 0.834. The van der Waals surface area contributed by atoms with Crippen LogP contribution in [0.2, 0.25) is 0 Å². The van der Waals surface area contributed by atoms with Crippen molar-refractivity contribution in [2.75, 3.05) is 6.61 Å². The maximum absolute atomic E-state index is 8.61. The Bertz CT molecular complexity index is 93.2. The van der Waals surface area contributed by atoms with Crippen LogP contribution in [-0.2, 0) is 4.74 Å². The minimum Gasteiger partial charge on any atom is -0.337 e. The second-order valence-electron chi connectivity index (χ2n) is 2.08. The Labute approximate surface area is 53.7 Å². The van der Waals surface area contributed by atoms with Crippen molar-refractivity contribution in [2.24, 2.45) is 0 Å². The maximum Gasteiger partial charge on any atom is 0.434 e. The van der Waals surface area contributed by atoms with E-state index in [0.29, 0.717) is 13.0 Å². The topological polar surface area (TPSA) is 69.9 Å². The number of ether oxygens (including phenoxy) is 1. The molecular formula is C4H10O4P+. The highest BCUT2D eigenvalue weighted by Crippen LogP contribution is 2.53. The van der Waals surface area contributed by atoms with Crippen molar-refractivity contribution >= 4 is 7.94 Å². The highest BCUT2D eigenvalue weighted by molar-refractivity contribution is 7.59. The van der Waals surface area contributed by atoms with Crippen LogP contribution in [0.1, 0.15) is 12.8 Å². The molecule has 9 heavy (non-hydrogen) atoms. The summed E-state index contributed by atoms with van der Waals surface area (Å²) in [5.41, 5.74) is 0. The summed E-state index contributed by atoms with van der Waals surface area (Å²) in [7, 11) is -3.69. The Kier molecular flexibility index (Phi) is 2.03. The third-order valence-corrected chi connectivity index (χ3v) is 2.47. The van der Waals surface area contributed by atoms with E-state index in [1.54, 1.807) is 0 Å². The minimum absolute atomic E-state index is 0.522. The van der Waals surface area contributed by atoms with Crippen LogP contribution in [0.3, 0.4) is 0 Å². The third kappa shape index (κ3) is 1.85. The lowest BCUT2D eigenvalue weighted by Crippen LogP contribution is -2.10. The van der Waals surface area contributed by atoms with Crippen molar-refractivity contribution in [2.45, 2.75) is 18.7 Å². The lowest BCUT2D eigenvalue weighted by Gasteiger charge is -2.08. The molecule has 3 N–H and O–H groups in total. The molecule has 0 aromatic carbocycles. The number of hydrogen-bond donors (Lipinski definition) is 3. The van der Waals surface area contributed by atoms with Gasteiger partial charge < -0.3 is 4.74 Å². The van der Waals surface area contributed by atoms with Crippen molar-refractivity contribution in [1.82, 2.24) is 0 Å². The molecule has 1 saturated heterocycles. The normalized spacial score (nSPS) is 29.0. The summed E-state index contributed by atoms with van der Waals surface area (Å²) in [6.07, 6.45) is 1.35. The first kappa shape index (κ1) is 7.38. The molecule has 1 rings (SSSR count). The molecule has 0 bridgehead atoms. The predicted octanol–water partition coefficient (Wildman–Crippen LogP) is -0.138. The Hall–Kier alpha value is 0.270. The second kappa shape index (κ2) is 2.48. The van der Waals surface area contributed by atoms with E-state index in [0.717, 1.165) is 6.42 Å². The van der Waals surface area contributed by atoms with E-state index in [4.69, 9.17) is 19.4 Å². The van der Waals surface area contributed by atoms with Gasteiger partial charge in [-0.3, -0.25) is 0 Å². The summed E-state index contributed by atoms with van der Waals surface area (Å²) in [6.45, 7) is 0.522. The highest BCUT2D eigenvalue weighted by Gasteiger charge is 2.45. The minimum atomic E-state index is -3.69. The van der Waals surface area contributed by atoms with Gasteiger partial charge in [-0.15, -0.1) is 0 Å². The summed E-state index contributed by atoms with van der Waals surface area (Å²) < 4.78 is 4.82. The molecule has 0 radical (unpaired) electrons. The van der Waals surface area contributed by atoms with Gasteiger partial charge in [0.25, 0.3) is 0 Å². The van der Waals surface area contributed by atoms with Gasteiger partial charge in [-0.05, 0) is 6.42 Å². The quantitative estimate of drug-likeness (QED) is 0.458. The van der Waals surface area contributed by atoms with Crippen LogP contribution in [0.5, 0.6) is 0 Å². The molecule has 4 nitrogen and oxygen atoms in total. The number of rotatable bonds is 1. The van der Waals surface area contributed by atoms with E-state index < -0.39 is 13.8 Å². The molecule has 0 amide bonds. The molecule has 1 aliphatic rings. The van der Waals surface area contributed by atoms with Crippen LogP contribution < -0.4 is 0 Å². The largest absolute Gasteiger partial charge is 0.434 e. The molecule has 1 heterocycles. The van der Waals surface area contributed by atoms with Crippen molar-refractivity contribution in [1.29, 1.82) is 0 Å². The van der Waals surface area contributed by atoms with Gasteiger partial charge in [0, 0.05) is 6.42 Å². The predicted molar refractivity (Wildman–Crippen MR) is 32.6 cm³/mol. The van der Waals surface area contributed by atoms with Gasteiger partial charge in [-0.25, -0.2) is 0 Å². The zero-order chi connectivity index (χ0) is 6.91. The van der Waals surface area contributed by atoms with E-state index in [2.05, 4.69) is 0 Å². The van der Waals surface area contributed by atoms with Crippen LogP contribution in [-0.4, -0.2) is 27.1 Å². The third-order valence-electron chi connectivity index (χ3n) is 1.29. The van der Waals surface area contributed by atoms with E-state index >= 15 is 0 Å². The summed E-state index contributed by atoms with van der Waals surface area (Å²) in [4.78, 5) is 25.8. The molecule has 0 aromatic rings. The van der Waals surface area contributed by atoms with Gasteiger partial charge >= 0.3 is 7.94 Å². The van der Waals surface area contributed by atoms with Gasteiger partial charge in [0.15, 0.2) is 0 Å². The Morgan fingerprint density at radius 1 is 1.33 bits per heavy atom. The van der Waals surface area contributed by atoms with Crippen LogP contribution in [0.15, 0.2) is 0 Å². The molecule has 0 aliphatic carbocycles. The fraction of sp³-hybridized carbons (Fsp3) is 1.00. The van der Waals surface area contributed by atoms with E-state index in [-0.39, 0.29) is 0 Å². The molecule has 1 atom stereocenters. The molecule has 0 spiro atoms. The molecule has 0 aromatic heterocycles. The van der Waals surface area contributed by atoms with Gasteiger partial charge in [-0.2, -0.15) is 14.7 Å². The molecule has 5 heteroatoms. The standard InChI is InChI=1S/C4H10O4P/c5-9(6,7)4-2-1-3-8-4/h4-7H,1-3H2/q+1. The van der Waals surface area contributed by atoms with Crippen LogP contribution in [0.25, 0.3) is 0 Å². The maximum atomic E-state index is 8.61. The average Bonchev–Trinajstić information content (AvgIpc) is 2.08. The summed E-state index contributed by atoms with van der Waals surface area (Å²) >= 11 is 0. The summed E-state index contributed by atoms with van der Waals surface area (Å²) in [5, 5.41) is 0. The van der Waals surface area contributed by atoms with E-state index in [1.807, 2.05) is 0 Å². The molecule has 1 unspecified atom stereocenters. The molecule has 1 aliphatic heterocycles. The summed E-state index contributed by atoms with van der Waals surface area (Å²) in [6, 6.07) is 0. The number of hydrogen-bond acceptors (Lipinski definition) is 4. The molecule has 0 saturated carbocycles. The lowest BCUT2D eigenvalue weighted by atomic mass is 10.4. The zero-order valence-electron chi connectivity index (χ0n) is 4.90. The SMILES string of the molecule is O[P+](O)(O)C1CCCO1. The smallest absolute Gasteiger partial charge is 0.337 e. The Balaban J connectivity index is 2.42. The molecule has 1 fully saturated rings. The van der Waals surface area contributed by atoms with Crippen molar-refractivity contribution < 1.29 is 19.4 Å². The molecular weight excluding hydrogens is 143 g/mol. The zero-order valence-corrected chi connectivity index (χ0v) is 5.79. The van der Waals surface area contributed by atoms with E-state index in [9.17, 15) is 0 Å². The molecule has 54 valence electrons. The first-order valence-corrected chi connectivity index (χ1v) is 4.51. The van der Waals surface area contributed by atoms with Crippen molar-refractivity contribution in [3.05, 3.63) is 0 Å². The Morgan fingerprint density at radius 3 is 2.22 bits per heavy atom. The highest BCUT2D eigenvalue weighted by atomic mass is 31.2. The fourth-order valence-corrected chi connectivity index (χ4v) is 1.67. The van der Waals surface area contributed by atoms with Gasteiger partial charge in [0.1, 0.15) is 0 Å². The van der Waals surface area contributed by atoms with E-state index in [1.165, 1.54) is 0 Å². The van der Waals surface area contributed by atoms with Crippen molar-refractivity contribution in [3.8, 4) is 0 Å². The first-order valence-electron chi connectivity index (χ1n) is 2.79. The van der Waals surface area contributed by atoms with Crippen LogP contribution >= 0.6 is 7.94 Å². The van der Waals surface area contributed by atoms with Crippen LogP contribution in [0.4, 0.5) is 0 Å². The van der Waals surface area contributed by atoms with Gasteiger partial charge in [0.05, 0.1) is 6.61 Å². The summed E-state index contributed by atoms with van der Waals surface area (Å²) in [5.74, 6) is -0.711. The van der Waals surface area contributed by atoms with Gasteiger partial charge in [0.2, 0.25) is 5.85 Å². The monoisotopic (exact) mass is 153 g/mol. The lowest BCUT2D eigenvalue weighted by molar-refractivity contribution is 0.128.